The molecule has 0 saturated heterocycles. The van der Waals surface area contributed by atoms with Crippen molar-refractivity contribution in [2.45, 2.75) is 44.7 Å². The number of aliphatic imine (C=N–C) groups is 1. The van der Waals surface area contributed by atoms with E-state index in [4.69, 9.17) is 5.73 Å². The summed E-state index contributed by atoms with van der Waals surface area (Å²) in [6, 6.07) is 7.67. The fraction of sp³-hybridized carbons (Fsp3) is 0.500. The number of esters is 1. The van der Waals surface area contributed by atoms with Gasteiger partial charge >= 0.3 is 5.97 Å². The number of hydrogen-bond donors (Lipinski definition) is 2. The number of nitrogens with zero attached hydrogens (tertiary/aromatic N) is 1. The number of ether oxygens (including phenoxy) is 1. The van der Waals surface area contributed by atoms with Crippen LogP contribution in [0, 0.1) is 0 Å². The Balaban J connectivity index is 0.00000242. The Morgan fingerprint density at radius 1 is 1.27 bits per heavy atom. The summed E-state index contributed by atoms with van der Waals surface area (Å²) < 4.78 is 4.66. The van der Waals surface area contributed by atoms with Gasteiger partial charge in [0.15, 0.2) is 5.96 Å². The van der Waals surface area contributed by atoms with Gasteiger partial charge in [0, 0.05) is 6.04 Å². The molecule has 1 saturated carbocycles. The fourth-order valence-corrected chi connectivity index (χ4v) is 2.54. The lowest BCUT2D eigenvalue weighted by molar-refractivity contribution is 0.0600. The fourth-order valence-electron chi connectivity index (χ4n) is 2.54. The molecule has 1 aliphatic carbocycles. The van der Waals surface area contributed by atoms with Crippen LogP contribution in [0.25, 0.3) is 0 Å². The SMILES string of the molecule is COC(=O)c1ccc(CN=C(N)NC2CCCCC2)cc1.I. The molecular formula is C16H24IN3O2. The molecule has 122 valence electrons. The van der Waals surface area contributed by atoms with Gasteiger partial charge in [-0.3, -0.25) is 0 Å². The first kappa shape index (κ1) is 18.7. The van der Waals surface area contributed by atoms with Crippen LogP contribution in [0.2, 0.25) is 0 Å². The van der Waals surface area contributed by atoms with Crippen molar-refractivity contribution in [3.8, 4) is 0 Å². The summed E-state index contributed by atoms with van der Waals surface area (Å²) in [5, 5.41) is 3.28. The summed E-state index contributed by atoms with van der Waals surface area (Å²) in [5.41, 5.74) is 7.47. The van der Waals surface area contributed by atoms with Gasteiger partial charge in [-0.1, -0.05) is 31.4 Å². The van der Waals surface area contributed by atoms with E-state index in [0.29, 0.717) is 24.1 Å². The predicted octanol–water partition coefficient (Wildman–Crippen LogP) is 2.83. The highest BCUT2D eigenvalue weighted by Crippen LogP contribution is 2.17. The van der Waals surface area contributed by atoms with Crippen LogP contribution in [-0.4, -0.2) is 25.1 Å². The van der Waals surface area contributed by atoms with Gasteiger partial charge < -0.3 is 15.8 Å². The number of nitrogens with two attached hydrogens (primary N) is 1. The predicted molar refractivity (Wildman–Crippen MR) is 98.5 cm³/mol. The summed E-state index contributed by atoms with van der Waals surface area (Å²) >= 11 is 0. The molecule has 1 aliphatic rings. The maximum atomic E-state index is 11.3. The van der Waals surface area contributed by atoms with Crippen LogP contribution in [-0.2, 0) is 11.3 Å². The molecule has 0 spiro atoms. The third-order valence-electron chi connectivity index (χ3n) is 3.76. The standard InChI is InChI=1S/C16H23N3O2.HI/c1-21-15(20)13-9-7-12(8-10-13)11-18-16(17)19-14-5-3-2-4-6-14;/h7-10,14H,2-6,11H2,1H3,(H3,17,18,19);1H. The number of guanidine groups is 1. The first-order valence-electron chi connectivity index (χ1n) is 7.43. The minimum absolute atomic E-state index is 0. The highest BCUT2D eigenvalue weighted by molar-refractivity contribution is 14.0. The van der Waals surface area contributed by atoms with Crippen molar-refractivity contribution in [3.05, 3.63) is 35.4 Å². The van der Waals surface area contributed by atoms with Crippen LogP contribution < -0.4 is 11.1 Å². The summed E-state index contributed by atoms with van der Waals surface area (Å²) in [4.78, 5) is 15.7. The maximum Gasteiger partial charge on any atom is 0.337 e. The van der Waals surface area contributed by atoms with Gasteiger partial charge in [0.1, 0.15) is 0 Å². The third kappa shape index (κ3) is 5.82. The average Bonchev–Trinajstić information content (AvgIpc) is 2.53. The van der Waals surface area contributed by atoms with Gasteiger partial charge in [-0.15, -0.1) is 24.0 Å². The van der Waals surface area contributed by atoms with Gasteiger partial charge in [-0.05, 0) is 30.5 Å². The number of carbonyl (C=O) groups is 1. The van der Waals surface area contributed by atoms with Crippen molar-refractivity contribution in [1.82, 2.24) is 5.32 Å². The Bertz CT molecular complexity index is 497. The molecule has 6 heteroatoms. The number of carbonyl (C=O) groups excluding carboxylic acids is 1. The van der Waals surface area contributed by atoms with Crippen LogP contribution >= 0.6 is 24.0 Å². The van der Waals surface area contributed by atoms with Crippen molar-refractivity contribution >= 4 is 35.9 Å². The number of rotatable bonds is 4. The van der Waals surface area contributed by atoms with Crippen LogP contribution in [0.15, 0.2) is 29.3 Å². The van der Waals surface area contributed by atoms with Crippen LogP contribution in [0.1, 0.15) is 48.0 Å². The van der Waals surface area contributed by atoms with E-state index in [-0.39, 0.29) is 29.9 Å². The Morgan fingerprint density at radius 2 is 1.91 bits per heavy atom. The quantitative estimate of drug-likeness (QED) is 0.342. The Labute approximate surface area is 148 Å². The zero-order valence-corrected chi connectivity index (χ0v) is 15.2. The van der Waals surface area contributed by atoms with E-state index in [1.165, 1.54) is 39.2 Å². The highest BCUT2D eigenvalue weighted by Gasteiger charge is 2.13. The molecule has 0 amide bonds. The molecular weight excluding hydrogens is 393 g/mol. The number of nitrogens with one attached hydrogen (secondary N) is 1. The molecule has 5 nitrogen and oxygen atoms in total. The zero-order chi connectivity index (χ0) is 15.1. The average molecular weight is 417 g/mol. The molecule has 0 aromatic heterocycles. The van der Waals surface area contributed by atoms with Gasteiger partial charge in [0.05, 0.1) is 19.2 Å². The molecule has 22 heavy (non-hydrogen) atoms. The summed E-state index contributed by atoms with van der Waals surface area (Å²) in [7, 11) is 1.37. The monoisotopic (exact) mass is 417 g/mol. The molecule has 3 N–H and O–H groups in total. The second-order valence-electron chi connectivity index (χ2n) is 5.37. The van der Waals surface area contributed by atoms with E-state index in [9.17, 15) is 4.79 Å². The van der Waals surface area contributed by atoms with Crippen LogP contribution in [0.3, 0.4) is 0 Å². The number of halogens is 1. The second kappa shape index (κ2) is 9.66. The van der Waals surface area contributed by atoms with Gasteiger partial charge in [-0.25, -0.2) is 9.79 Å². The lowest BCUT2D eigenvalue weighted by atomic mass is 9.96. The Kier molecular flexibility index (Phi) is 8.22. The van der Waals surface area contributed by atoms with Crippen molar-refractivity contribution < 1.29 is 9.53 Å². The van der Waals surface area contributed by atoms with Gasteiger partial charge in [0.2, 0.25) is 0 Å². The molecule has 0 aliphatic heterocycles. The molecule has 1 aromatic rings. The maximum absolute atomic E-state index is 11.3. The normalized spacial score (nSPS) is 15.8. The third-order valence-corrected chi connectivity index (χ3v) is 3.76. The second-order valence-corrected chi connectivity index (χ2v) is 5.37. The molecule has 0 unspecified atom stereocenters. The number of methoxy groups -OCH3 is 1. The van der Waals surface area contributed by atoms with Crippen molar-refractivity contribution in [2.75, 3.05) is 7.11 Å². The first-order valence-corrected chi connectivity index (χ1v) is 7.43. The first-order chi connectivity index (χ1) is 10.2. The lowest BCUT2D eigenvalue weighted by Crippen LogP contribution is -2.41. The van der Waals surface area contributed by atoms with E-state index >= 15 is 0 Å². The highest BCUT2D eigenvalue weighted by atomic mass is 127. The Hall–Kier alpha value is -1.31. The minimum atomic E-state index is -0.330. The molecule has 0 bridgehead atoms. The largest absolute Gasteiger partial charge is 0.465 e. The van der Waals surface area contributed by atoms with Gasteiger partial charge in [-0.2, -0.15) is 0 Å². The van der Waals surface area contributed by atoms with Crippen LogP contribution in [0.4, 0.5) is 0 Å². The summed E-state index contributed by atoms with van der Waals surface area (Å²) in [6.45, 7) is 0.507. The summed E-state index contributed by atoms with van der Waals surface area (Å²) in [5.74, 6) is 0.169. The summed E-state index contributed by atoms with van der Waals surface area (Å²) in [6.07, 6.45) is 6.19. The Morgan fingerprint density at radius 3 is 2.50 bits per heavy atom. The molecule has 2 rings (SSSR count). The molecule has 0 heterocycles. The van der Waals surface area contributed by atoms with E-state index in [0.717, 1.165) is 5.56 Å². The van der Waals surface area contributed by atoms with E-state index in [1.54, 1.807) is 12.1 Å². The topological polar surface area (TPSA) is 76.7 Å². The number of benzene rings is 1. The van der Waals surface area contributed by atoms with Crippen molar-refractivity contribution in [2.24, 2.45) is 10.7 Å². The van der Waals surface area contributed by atoms with Crippen molar-refractivity contribution in [1.29, 1.82) is 0 Å². The minimum Gasteiger partial charge on any atom is -0.465 e. The van der Waals surface area contributed by atoms with E-state index in [1.807, 2.05) is 12.1 Å². The van der Waals surface area contributed by atoms with E-state index < -0.39 is 0 Å². The smallest absolute Gasteiger partial charge is 0.337 e. The number of hydrogen-bond acceptors (Lipinski definition) is 3. The molecule has 1 aromatic carbocycles. The molecule has 1 fully saturated rings. The lowest BCUT2D eigenvalue weighted by Gasteiger charge is -2.23. The van der Waals surface area contributed by atoms with Gasteiger partial charge in [0.25, 0.3) is 0 Å². The molecule has 0 atom stereocenters. The molecule has 0 radical (unpaired) electrons. The van der Waals surface area contributed by atoms with Crippen molar-refractivity contribution in [3.63, 3.8) is 0 Å². The zero-order valence-electron chi connectivity index (χ0n) is 12.9. The van der Waals surface area contributed by atoms with E-state index in [2.05, 4.69) is 15.0 Å². The van der Waals surface area contributed by atoms with Crippen LogP contribution in [0.5, 0.6) is 0 Å².